The summed E-state index contributed by atoms with van der Waals surface area (Å²) < 4.78 is 0. The van der Waals surface area contributed by atoms with Crippen molar-refractivity contribution in [2.45, 2.75) is 6.42 Å². The Kier molecular flexibility index (Phi) is 3.33. The lowest BCUT2D eigenvalue weighted by Crippen LogP contribution is -2.21. The molecule has 1 aliphatic rings. The molecule has 0 radical (unpaired) electrons. The minimum absolute atomic E-state index is 0.166. The van der Waals surface area contributed by atoms with Crippen LogP contribution in [0.3, 0.4) is 0 Å². The first-order valence-corrected chi connectivity index (χ1v) is 6.88. The van der Waals surface area contributed by atoms with Crippen LogP contribution in [-0.2, 0) is 11.2 Å². The van der Waals surface area contributed by atoms with Crippen LogP contribution in [0.5, 0.6) is 0 Å². The normalized spacial score (nSPS) is 15.5. The van der Waals surface area contributed by atoms with Gasteiger partial charge in [0.1, 0.15) is 0 Å². The summed E-state index contributed by atoms with van der Waals surface area (Å²) in [6.07, 6.45) is 1.76. The summed E-state index contributed by atoms with van der Waals surface area (Å²) >= 11 is 0. The van der Waals surface area contributed by atoms with Crippen molar-refractivity contribution in [2.24, 2.45) is 0 Å². The van der Waals surface area contributed by atoms with Crippen molar-refractivity contribution in [3.63, 3.8) is 0 Å². The monoisotopic (exact) mass is 300 g/mol. The van der Waals surface area contributed by atoms with Gasteiger partial charge >= 0.3 is 0 Å². The molecule has 1 aromatic carbocycles. The van der Waals surface area contributed by atoms with Crippen molar-refractivity contribution < 1.29 is 4.79 Å². The Morgan fingerprint density at radius 1 is 1.35 bits per heavy atom. The van der Waals surface area contributed by atoms with E-state index in [4.69, 9.17) is 10.5 Å². The van der Waals surface area contributed by atoms with E-state index in [-0.39, 0.29) is 17.9 Å². The zero-order valence-corrected chi connectivity index (χ0v) is 12.2. The average Bonchev–Trinajstić information content (AvgIpc) is 2.83. The summed E-state index contributed by atoms with van der Waals surface area (Å²) in [5.74, 6) is -0.189. The number of benzene rings is 1. The Labute approximate surface area is 132 Å². The fourth-order valence-electron chi connectivity index (χ4n) is 2.69. The lowest BCUT2D eigenvalue weighted by atomic mass is 10.0. The zero-order valence-electron chi connectivity index (χ0n) is 12.2. The summed E-state index contributed by atoms with van der Waals surface area (Å²) in [7, 11) is 0. The second-order valence-electron chi connectivity index (χ2n) is 5.25. The highest BCUT2D eigenvalue weighted by Gasteiger charge is 2.24. The van der Waals surface area contributed by atoms with Gasteiger partial charge in [-0.3, -0.25) is 4.79 Å². The van der Waals surface area contributed by atoms with Gasteiger partial charge in [0, 0.05) is 27.7 Å². The summed E-state index contributed by atoms with van der Waals surface area (Å²) in [6, 6.07) is 9.34. The molecule has 0 saturated carbocycles. The third-order valence-electron chi connectivity index (χ3n) is 3.72. The second-order valence-corrected chi connectivity index (χ2v) is 5.25. The summed E-state index contributed by atoms with van der Waals surface area (Å²) in [6.45, 7) is 7.53. The van der Waals surface area contributed by atoms with Gasteiger partial charge in [-0.1, -0.05) is 13.2 Å². The topological polar surface area (TPSA) is 92.5 Å². The van der Waals surface area contributed by atoms with Crippen LogP contribution in [0.25, 0.3) is 16.5 Å². The molecule has 1 aliphatic heterocycles. The number of rotatable bonds is 1. The Morgan fingerprint density at radius 2 is 2.13 bits per heavy atom. The van der Waals surface area contributed by atoms with Crippen LogP contribution in [0, 0.1) is 22.7 Å². The highest BCUT2D eigenvalue weighted by molar-refractivity contribution is 6.00. The zero-order chi connectivity index (χ0) is 16.6. The maximum atomic E-state index is 12.1. The number of aromatic amines is 1. The third kappa shape index (κ3) is 2.41. The molecule has 0 aliphatic carbocycles. The van der Waals surface area contributed by atoms with Crippen molar-refractivity contribution in [1.82, 2.24) is 10.3 Å². The van der Waals surface area contributed by atoms with Crippen LogP contribution in [0.4, 0.5) is 0 Å². The molecule has 23 heavy (non-hydrogen) atoms. The van der Waals surface area contributed by atoms with Crippen LogP contribution < -0.4 is 5.32 Å². The van der Waals surface area contributed by atoms with Gasteiger partial charge in [-0.25, -0.2) is 0 Å². The van der Waals surface area contributed by atoms with Crippen LogP contribution in [-0.4, -0.2) is 10.9 Å². The standard InChI is InChI=1S/C18H12N4O/c1-10(8-19)5-13-11(2)21-17(23)7-15-14-6-12(9-20)3-4-16(14)22-18(13)15/h3-6,22H,1-2,7H2,(H,21,23)/b13-5+. The van der Waals surface area contributed by atoms with Gasteiger partial charge in [-0.15, -0.1) is 0 Å². The molecule has 5 heteroatoms. The number of carbonyl (C=O) groups is 1. The molecular formula is C18H12N4O. The fraction of sp³-hybridized carbons (Fsp3) is 0.0556. The predicted octanol–water partition coefficient (Wildman–Crippen LogP) is 2.69. The first kappa shape index (κ1) is 14.4. The van der Waals surface area contributed by atoms with Crippen molar-refractivity contribution in [3.8, 4) is 12.1 Å². The van der Waals surface area contributed by atoms with Gasteiger partial charge in [-0.2, -0.15) is 10.5 Å². The second kappa shape index (κ2) is 5.32. The van der Waals surface area contributed by atoms with Crippen molar-refractivity contribution in [1.29, 1.82) is 10.5 Å². The van der Waals surface area contributed by atoms with E-state index >= 15 is 0 Å². The Bertz CT molecular complexity index is 992. The molecule has 1 amide bonds. The lowest BCUT2D eigenvalue weighted by Gasteiger charge is -2.07. The third-order valence-corrected chi connectivity index (χ3v) is 3.72. The summed E-state index contributed by atoms with van der Waals surface area (Å²) in [5, 5.41) is 21.6. The molecule has 3 rings (SSSR count). The van der Waals surface area contributed by atoms with E-state index in [9.17, 15) is 4.79 Å². The number of carbonyl (C=O) groups excluding carboxylic acids is 1. The number of nitriles is 2. The van der Waals surface area contributed by atoms with Crippen molar-refractivity contribution in [3.05, 3.63) is 65.5 Å². The van der Waals surface area contributed by atoms with Gasteiger partial charge in [-0.05, 0) is 29.8 Å². The molecule has 0 bridgehead atoms. The largest absolute Gasteiger partial charge is 0.354 e. The molecule has 5 nitrogen and oxygen atoms in total. The van der Waals surface area contributed by atoms with Crippen LogP contribution in [0.15, 0.2) is 48.7 Å². The minimum atomic E-state index is -0.189. The van der Waals surface area contributed by atoms with Gasteiger partial charge in [0.25, 0.3) is 0 Å². The first-order valence-electron chi connectivity index (χ1n) is 6.88. The molecule has 110 valence electrons. The minimum Gasteiger partial charge on any atom is -0.354 e. The highest BCUT2D eigenvalue weighted by atomic mass is 16.1. The Morgan fingerprint density at radius 3 is 2.83 bits per heavy atom. The number of H-pyrrole nitrogens is 1. The number of fused-ring (bicyclic) bond motifs is 3. The predicted molar refractivity (Wildman–Crippen MR) is 86.7 cm³/mol. The molecule has 2 heterocycles. The van der Waals surface area contributed by atoms with Gasteiger partial charge < -0.3 is 10.3 Å². The van der Waals surface area contributed by atoms with E-state index < -0.39 is 0 Å². The quantitative estimate of drug-likeness (QED) is 0.793. The number of hydrogen-bond donors (Lipinski definition) is 2. The first-order chi connectivity index (χ1) is 11.0. The van der Waals surface area contributed by atoms with E-state index in [0.29, 0.717) is 16.8 Å². The van der Waals surface area contributed by atoms with Gasteiger partial charge in [0.2, 0.25) is 5.91 Å². The molecular weight excluding hydrogens is 288 g/mol. The van der Waals surface area contributed by atoms with Crippen molar-refractivity contribution >= 4 is 22.4 Å². The number of amides is 1. The number of aromatic nitrogens is 1. The highest BCUT2D eigenvalue weighted by Crippen LogP contribution is 2.33. The Balaban J connectivity index is 2.33. The maximum absolute atomic E-state index is 12.1. The molecule has 2 aromatic rings. The van der Waals surface area contributed by atoms with Gasteiger partial charge in [0.15, 0.2) is 0 Å². The number of nitrogens with zero attached hydrogens (tertiary/aromatic N) is 2. The molecule has 0 atom stereocenters. The van der Waals surface area contributed by atoms with E-state index in [1.807, 2.05) is 6.07 Å². The van der Waals surface area contributed by atoms with E-state index in [2.05, 4.69) is 29.5 Å². The molecule has 0 saturated heterocycles. The molecule has 0 unspecified atom stereocenters. The fourth-order valence-corrected chi connectivity index (χ4v) is 2.69. The van der Waals surface area contributed by atoms with Crippen molar-refractivity contribution in [2.75, 3.05) is 0 Å². The number of hydrogen-bond acceptors (Lipinski definition) is 3. The molecule has 2 N–H and O–H groups in total. The molecule has 0 fully saturated rings. The van der Waals surface area contributed by atoms with Crippen LogP contribution >= 0.6 is 0 Å². The maximum Gasteiger partial charge on any atom is 0.228 e. The molecule has 1 aromatic heterocycles. The average molecular weight is 300 g/mol. The Hall–Kier alpha value is -3.57. The SMILES string of the molecule is C=C(C#N)/C=C1\C(=C)NC(=O)Cc2c1[nH]c1ccc(C#N)cc21. The van der Waals surface area contributed by atoms with Gasteiger partial charge in [0.05, 0.1) is 29.8 Å². The van der Waals surface area contributed by atoms with E-state index in [1.165, 1.54) is 0 Å². The number of nitrogens with one attached hydrogen (secondary N) is 2. The van der Waals surface area contributed by atoms with E-state index in [1.54, 1.807) is 24.3 Å². The summed E-state index contributed by atoms with van der Waals surface area (Å²) in [5.41, 5.74) is 4.14. The van der Waals surface area contributed by atoms with E-state index in [0.717, 1.165) is 22.2 Å². The lowest BCUT2D eigenvalue weighted by molar-refractivity contribution is -0.119. The van der Waals surface area contributed by atoms with Crippen LogP contribution in [0.1, 0.15) is 16.8 Å². The molecule has 0 spiro atoms. The van der Waals surface area contributed by atoms with Crippen LogP contribution in [0.2, 0.25) is 0 Å². The summed E-state index contributed by atoms with van der Waals surface area (Å²) in [4.78, 5) is 15.3. The smallest absolute Gasteiger partial charge is 0.228 e. The number of allylic oxidation sites excluding steroid dienone is 3.